The molecule has 0 aliphatic carbocycles. The van der Waals surface area contributed by atoms with Crippen molar-refractivity contribution in [1.82, 2.24) is 9.80 Å². The Morgan fingerprint density at radius 2 is 1.46 bits per heavy atom. The second-order valence-electron chi connectivity index (χ2n) is 6.72. The van der Waals surface area contributed by atoms with Crippen molar-refractivity contribution in [3.63, 3.8) is 0 Å². The van der Waals surface area contributed by atoms with Gasteiger partial charge in [0.25, 0.3) is 0 Å². The molecule has 3 rings (SSSR count). The smallest absolute Gasteiger partial charge is 0.414 e. The summed E-state index contributed by atoms with van der Waals surface area (Å²) in [5, 5.41) is 15.6. The molecule has 0 atom stereocenters. The molecule has 2 N–H and O–H groups in total. The Balaban J connectivity index is 0.000000409. The van der Waals surface area contributed by atoms with Gasteiger partial charge in [-0.05, 0) is 35.7 Å². The Kier molecular flexibility index (Phi) is 8.44. The lowest BCUT2D eigenvalue weighted by molar-refractivity contribution is -0.159. The third-order valence-electron chi connectivity index (χ3n) is 4.60. The number of piperazine rings is 1. The molecule has 1 saturated heterocycles. The largest absolute Gasteiger partial charge is 0.473 e. The van der Waals surface area contributed by atoms with E-state index in [0.717, 1.165) is 44.3 Å². The molecule has 28 heavy (non-hydrogen) atoms. The van der Waals surface area contributed by atoms with Crippen molar-refractivity contribution >= 4 is 23.5 Å². The maximum atomic E-state index is 9.10. The standard InChI is InChI=1S/C19H23ClN2.C2H2O4/c1-16-5-2-3-7-18(16)15-22-11-9-21(10-12-22)14-17-6-4-8-19(20)13-17;3-1(4)2(5)6/h2-8,13H,9-12,14-15H2,1H3;(H,3,4)(H,5,6). The highest BCUT2D eigenvalue weighted by Gasteiger charge is 2.17. The van der Waals surface area contributed by atoms with Crippen LogP contribution in [0.4, 0.5) is 0 Å². The van der Waals surface area contributed by atoms with Crippen LogP contribution in [0.15, 0.2) is 48.5 Å². The van der Waals surface area contributed by atoms with Crippen molar-refractivity contribution in [2.75, 3.05) is 26.2 Å². The van der Waals surface area contributed by atoms with Gasteiger partial charge in [-0.15, -0.1) is 0 Å². The quantitative estimate of drug-likeness (QED) is 0.762. The molecule has 6 nitrogen and oxygen atoms in total. The predicted octanol–water partition coefficient (Wildman–Crippen LogP) is 3.12. The molecule has 1 fully saturated rings. The average molecular weight is 405 g/mol. The van der Waals surface area contributed by atoms with Crippen LogP contribution >= 0.6 is 11.6 Å². The fraction of sp³-hybridized carbons (Fsp3) is 0.333. The highest BCUT2D eigenvalue weighted by molar-refractivity contribution is 6.30. The first-order chi connectivity index (χ1) is 13.3. The average Bonchev–Trinajstić information content (AvgIpc) is 2.66. The number of rotatable bonds is 4. The molecular formula is C21H25ClN2O4. The molecule has 1 heterocycles. The topological polar surface area (TPSA) is 81.1 Å². The van der Waals surface area contributed by atoms with Gasteiger partial charge in [-0.2, -0.15) is 0 Å². The van der Waals surface area contributed by atoms with Gasteiger partial charge in [0.05, 0.1) is 0 Å². The van der Waals surface area contributed by atoms with Gasteiger partial charge in [0.2, 0.25) is 0 Å². The Labute approximate surface area is 170 Å². The van der Waals surface area contributed by atoms with Crippen molar-refractivity contribution in [3.05, 3.63) is 70.2 Å². The van der Waals surface area contributed by atoms with Crippen LogP contribution in [0, 0.1) is 6.92 Å². The third-order valence-corrected chi connectivity index (χ3v) is 4.83. The molecule has 0 amide bonds. The molecule has 0 radical (unpaired) electrons. The Hall–Kier alpha value is -2.41. The minimum Gasteiger partial charge on any atom is -0.473 e. The maximum Gasteiger partial charge on any atom is 0.414 e. The molecule has 1 aliphatic rings. The van der Waals surface area contributed by atoms with Gasteiger partial charge < -0.3 is 10.2 Å². The lowest BCUT2D eigenvalue weighted by Crippen LogP contribution is -2.45. The van der Waals surface area contributed by atoms with Crippen molar-refractivity contribution < 1.29 is 19.8 Å². The number of carbonyl (C=O) groups is 2. The van der Waals surface area contributed by atoms with Crippen LogP contribution < -0.4 is 0 Å². The van der Waals surface area contributed by atoms with E-state index in [1.54, 1.807) is 0 Å². The van der Waals surface area contributed by atoms with E-state index >= 15 is 0 Å². The van der Waals surface area contributed by atoms with E-state index in [0.29, 0.717) is 0 Å². The van der Waals surface area contributed by atoms with Crippen LogP contribution in [0.25, 0.3) is 0 Å². The summed E-state index contributed by atoms with van der Waals surface area (Å²) >= 11 is 6.06. The number of nitrogens with zero attached hydrogens (tertiary/aromatic N) is 2. The lowest BCUT2D eigenvalue weighted by Gasteiger charge is -2.35. The molecule has 2 aromatic carbocycles. The highest BCUT2D eigenvalue weighted by Crippen LogP contribution is 2.16. The summed E-state index contributed by atoms with van der Waals surface area (Å²) in [6.45, 7) is 8.78. The first-order valence-electron chi connectivity index (χ1n) is 9.05. The second kappa shape index (κ2) is 10.8. The van der Waals surface area contributed by atoms with Crippen LogP contribution in [0.1, 0.15) is 16.7 Å². The van der Waals surface area contributed by atoms with E-state index < -0.39 is 11.9 Å². The van der Waals surface area contributed by atoms with Gasteiger partial charge in [0.1, 0.15) is 0 Å². The minimum absolute atomic E-state index is 0.829. The predicted molar refractivity (Wildman–Crippen MR) is 108 cm³/mol. The number of aryl methyl sites for hydroxylation is 1. The van der Waals surface area contributed by atoms with Gasteiger partial charge in [-0.3, -0.25) is 9.80 Å². The van der Waals surface area contributed by atoms with E-state index in [-0.39, 0.29) is 0 Å². The summed E-state index contributed by atoms with van der Waals surface area (Å²) in [6, 6.07) is 16.9. The number of aliphatic carboxylic acids is 2. The van der Waals surface area contributed by atoms with Crippen LogP contribution in [0.2, 0.25) is 5.02 Å². The Morgan fingerprint density at radius 3 is 2.00 bits per heavy atom. The lowest BCUT2D eigenvalue weighted by atomic mass is 10.1. The zero-order valence-electron chi connectivity index (χ0n) is 15.8. The van der Waals surface area contributed by atoms with Crippen LogP contribution in [-0.2, 0) is 22.7 Å². The fourth-order valence-electron chi connectivity index (χ4n) is 3.03. The van der Waals surface area contributed by atoms with E-state index in [1.807, 2.05) is 12.1 Å². The number of hydrogen-bond donors (Lipinski definition) is 2. The Bertz CT molecular complexity index is 792. The number of halogens is 1. The highest BCUT2D eigenvalue weighted by atomic mass is 35.5. The van der Waals surface area contributed by atoms with E-state index in [9.17, 15) is 0 Å². The summed E-state index contributed by atoms with van der Waals surface area (Å²) < 4.78 is 0. The molecule has 0 bridgehead atoms. The monoisotopic (exact) mass is 404 g/mol. The normalized spacial score (nSPS) is 14.8. The molecule has 0 spiro atoms. The van der Waals surface area contributed by atoms with Gasteiger partial charge in [-0.1, -0.05) is 48.0 Å². The van der Waals surface area contributed by atoms with Crippen molar-refractivity contribution in [2.24, 2.45) is 0 Å². The summed E-state index contributed by atoms with van der Waals surface area (Å²) in [5.74, 6) is -3.65. The number of carboxylic acid groups (broad SMARTS) is 2. The number of carboxylic acids is 2. The van der Waals surface area contributed by atoms with Crippen LogP contribution in [-0.4, -0.2) is 58.1 Å². The zero-order chi connectivity index (χ0) is 20.5. The molecular weight excluding hydrogens is 380 g/mol. The van der Waals surface area contributed by atoms with Crippen molar-refractivity contribution in [2.45, 2.75) is 20.0 Å². The number of hydrogen-bond acceptors (Lipinski definition) is 4. The molecule has 7 heteroatoms. The van der Waals surface area contributed by atoms with Crippen molar-refractivity contribution in [1.29, 1.82) is 0 Å². The molecule has 1 aliphatic heterocycles. The molecule has 0 saturated carbocycles. The number of benzene rings is 2. The fourth-order valence-corrected chi connectivity index (χ4v) is 3.24. The van der Waals surface area contributed by atoms with Crippen LogP contribution in [0.5, 0.6) is 0 Å². The molecule has 2 aromatic rings. The minimum atomic E-state index is -1.82. The van der Waals surface area contributed by atoms with Gasteiger partial charge in [0, 0.05) is 44.3 Å². The van der Waals surface area contributed by atoms with E-state index in [1.165, 1.54) is 16.7 Å². The molecule has 0 unspecified atom stereocenters. The second-order valence-corrected chi connectivity index (χ2v) is 7.16. The van der Waals surface area contributed by atoms with Crippen LogP contribution in [0.3, 0.4) is 0 Å². The van der Waals surface area contributed by atoms with Crippen molar-refractivity contribution in [3.8, 4) is 0 Å². The summed E-state index contributed by atoms with van der Waals surface area (Å²) in [4.78, 5) is 23.3. The summed E-state index contributed by atoms with van der Waals surface area (Å²) in [7, 11) is 0. The molecule has 150 valence electrons. The Morgan fingerprint density at radius 1 is 0.893 bits per heavy atom. The van der Waals surface area contributed by atoms with E-state index in [4.69, 9.17) is 31.4 Å². The first kappa shape index (κ1) is 21.9. The third kappa shape index (κ3) is 7.31. The maximum absolute atomic E-state index is 9.10. The van der Waals surface area contributed by atoms with E-state index in [2.05, 4.69) is 53.1 Å². The van der Waals surface area contributed by atoms with Gasteiger partial charge >= 0.3 is 11.9 Å². The SMILES string of the molecule is Cc1ccccc1CN1CCN(Cc2cccc(Cl)c2)CC1.O=C(O)C(=O)O. The summed E-state index contributed by atoms with van der Waals surface area (Å²) in [6.07, 6.45) is 0. The first-order valence-corrected chi connectivity index (χ1v) is 9.43. The summed E-state index contributed by atoms with van der Waals surface area (Å²) in [5.41, 5.74) is 4.15. The van der Waals surface area contributed by atoms with Gasteiger partial charge in [-0.25, -0.2) is 9.59 Å². The van der Waals surface area contributed by atoms with Gasteiger partial charge in [0.15, 0.2) is 0 Å². The molecule has 0 aromatic heterocycles. The zero-order valence-corrected chi connectivity index (χ0v) is 16.6.